The number of fused-ring (bicyclic) bond motifs is 8. The van der Waals surface area contributed by atoms with Gasteiger partial charge in [0.1, 0.15) is 17.2 Å². The highest BCUT2D eigenvalue weighted by atomic mass is 16.5. The fourth-order valence-electron chi connectivity index (χ4n) is 5.40. The summed E-state index contributed by atoms with van der Waals surface area (Å²) in [7, 11) is 3.41. The van der Waals surface area contributed by atoms with Crippen LogP contribution in [0.25, 0.3) is 0 Å². The van der Waals surface area contributed by atoms with Gasteiger partial charge in [-0.1, -0.05) is 72.8 Å². The molecule has 2 aliphatic rings. The van der Waals surface area contributed by atoms with E-state index in [2.05, 4.69) is 18.2 Å². The molecule has 0 aliphatic heterocycles. The first kappa shape index (κ1) is 22.3. The minimum atomic E-state index is -0.128. The quantitative estimate of drug-likeness (QED) is 0.536. The van der Waals surface area contributed by atoms with Gasteiger partial charge in [-0.2, -0.15) is 0 Å². The van der Waals surface area contributed by atoms with Crippen molar-refractivity contribution in [2.24, 2.45) is 5.92 Å². The Bertz CT molecular complexity index is 1270. The Labute approximate surface area is 200 Å². The number of hydrogen-bond donors (Lipinski definition) is 2. The van der Waals surface area contributed by atoms with Crippen LogP contribution in [-0.4, -0.2) is 30.5 Å². The van der Waals surface area contributed by atoms with Gasteiger partial charge in [0.25, 0.3) is 0 Å². The SMILES string of the molecule is COc1c2cccc1Cc1cccc(c1O)C[C@@H]1C=CC=C(Cc3cccc(c3O)C2)C1OC. The van der Waals surface area contributed by atoms with Crippen molar-refractivity contribution in [3.8, 4) is 17.2 Å². The Hall–Kier alpha value is -3.50. The van der Waals surface area contributed by atoms with Crippen LogP contribution in [0.3, 0.4) is 0 Å². The van der Waals surface area contributed by atoms with Crippen LogP contribution in [0.5, 0.6) is 17.2 Å². The average molecular weight is 455 g/mol. The van der Waals surface area contributed by atoms with E-state index >= 15 is 0 Å². The molecule has 2 atom stereocenters. The van der Waals surface area contributed by atoms with Gasteiger partial charge in [0.05, 0.1) is 13.2 Å². The largest absolute Gasteiger partial charge is 0.507 e. The van der Waals surface area contributed by atoms with E-state index < -0.39 is 0 Å². The van der Waals surface area contributed by atoms with Gasteiger partial charge >= 0.3 is 0 Å². The number of methoxy groups -OCH3 is 2. The summed E-state index contributed by atoms with van der Waals surface area (Å²) >= 11 is 0. The first-order valence-electron chi connectivity index (χ1n) is 11.7. The number of rotatable bonds is 2. The average Bonchev–Trinajstić information content (AvgIpc) is 2.84. The van der Waals surface area contributed by atoms with Gasteiger partial charge in [-0.05, 0) is 51.8 Å². The van der Waals surface area contributed by atoms with Crippen LogP contribution in [0.2, 0.25) is 0 Å². The van der Waals surface area contributed by atoms with E-state index in [9.17, 15) is 10.2 Å². The highest BCUT2D eigenvalue weighted by Gasteiger charge is 2.28. The number of para-hydroxylation sites is 3. The van der Waals surface area contributed by atoms with Crippen LogP contribution in [0.4, 0.5) is 0 Å². The molecule has 5 rings (SSSR count). The summed E-state index contributed by atoms with van der Waals surface area (Å²) < 4.78 is 11.8. The molecule has 3 aromatic rings. The predicted molar refractivity (Wildman–Crippen MR) is 134 cm³/mol. The van der Waals surface area contributed by atoms with Crippen LogP contribution >= 0.6 is 0 Å². The molecule has 174 valence electrons. The van der Waals surface area contributed by atoms with Gasteiger partial charge in [-0.3, -0.25) is 0 Å². The standard InChI is InChI=1S/C30H30O4/c1-33-29-23-11-5-12-24(29)16-20-8-4-10-22(28(20)32)18-26-14-6-13-25(30(26)34-2)17-21-9-3-7-19(15-23)27(21)31/h3-14,23,29,31-32H,15-18H2,1-2H3/t23-,29?/m0/s1. The number of phenols is 2. The molecular weight excluding hydrogens is 424 g/mol. The van der Waals surface area contributed by atoms with Crippen LogP contribution in [0, 0.1) is 5.92 Å². The number of aromatic hydroxyl groups is 2. The lowest BCUT2D eigenvalue weighted by Gasteiger charge is -2.29. The van der Waals surface area contributed by atoms with Crippen molar-refractivity contribution in [3.05, 3.63) is 112 Å². The van der Waals surface area contributed by atoms with E-state index in [1.807, 2.05) is 54.6 Å². The van der Waals surface area contributed by atoms with Gasteiger partial charge in [0, 0.05) is 25.9 Å². The highest BCUT2D eigenvalue weighted by Crippen LogP contribution is 2.37. The Morgan fingerprint density at radius 3 is 1.82 bits per heavy atom. The molecule has 0 heterocycles. The summed E-state index contributed by atoms with van der Waals surface area (Å²) in [6.45, 7) is 0. The van der Waals surface area contributed by atoms with Crippen LogP contribution < -0.4 is 4.74 Å². The monoisotopic (exact) mass is 454 g/mol. The van der Waals surface area contributed by atoms with Crippen molar-refractivity contribution in [1.82, 2.24) is 0 Å². The topological polar surface area (TPSA) is 58.9 Å². The molecule has 0 aromatic heterocycles. The number of phenolic OH excluding ortho intramolecular Hbond substituents is 2. The number of benzene rings is 3. The maximum atomic E-state index is 11.2. The first-order valence-corrected chi connectivity index (χ1v) is 11.7. The molecule has 0 spiro atoms. The fraction of sp³-hybridized carbons (Fsp3) is 0.267. The van der Waals surface area contributed by atoms with Crippen molar-refractivity contribution in [2.45, 2.75) is 31.8 Å². The lowest BCUT2D eigenvalue weighted by Crippen LogP contribution is -2.28. The van der Waals surface area contributed by atoms with Gasteiger partial charge in [0.2, 0.25) is 0 Å². The van der Waals surface area contributed by atoms with Crippen molar-refractivity contribution in [3.63, 3.8) is 0 Å². The lowest BCUT2D eigenvalue weighted by molar-refractivity contribution is 0.0938. The van der Waals surface area contributed by atoms with Crippen LogP contribution in [0.1, 0.15) is 33.4 Å². The van der Waals surface area contributed by atoms with Crippen LogP contribution in [-0.2, 0) is 30.4 Å². The van der Waals surface area contributed by atoms with Gasteiger partial charge in [-0.15, -0.1) is 0 Å². The van der Waals surface area contributed by atoms with E-state index in [0.717, 1.165) is 44.7 Å². The summed E-state index contributed by atoms with van der Waals surface area (Å²) in [5.74, 6) is 1.55. The van der Waals surface area contributed by atoms with E-state index in [1.54, 1.807) is 14.2 Å². The summed E-state index contributed by atoms with van der Waals surface area (Å²) in [6, 6.07) is 18.0. The lowest BCUT2D eigenvalue weighted by atomic mass is 9.82. The minimum absolute atomic E-state index is 0.0854. The third kappa shape index (κ3) is 4.10. The van der Waals surface area contributed by atoms with Crippen molar-refractivity contribution < 1.29 is 19.7 Å². The minimum Gasteiger partial charge on any atom is -0.507 e. The third-order valence-corrected chi connectivity index (χ3v) is 7.08. The maximum Gasteiger partial charge on any atom is 0.125 e. The second-order valence-electron chi connectivity index (χ2n) is 9.14. The number of ether oxygens (including phenoxy) is 2. The second-order valence-corrected chi connectivity index (χ2v) is 9.14. The summed E-state index contributed by atoms with van der Waals surface area (Å²) in [5, 5.41) is 22.4. The van der Waals surface area contributed by atoms with E-state index in [4.69, 9.17) is 9.47 Å². The molecule has 0 saturated heterocycles. The van der Waals surface area contributed by atoms with Crippen molar-refractivity contribution >= 4 is 0 Å². The molecule has 3 aromatic carbocycles. The Balaban J connectivity index is 1.68. The molecular formula is C30H30O4. The Kier molecular flexibility index (Phi) is 6.16. The number of allylic oxidation sites excluding steroid dienone is 2. The molecule has 2 aliphatic carbocycles. The van der Waals surface area contributed by atoms with Crippen molar-refractivity contribution in [1.29, 1.82) is 0 Å². The summed E-state index contributed by atoms with van der Waals surface area (Å²) in [4.78, 5) is 0. The second kappa shape index (κ2) is 9.40. The van der Waals surface area contributed by atoms with Gasteiger partial charge < -0.3 is 19.7 Å². The normalized spacial score (nSPS) is 19.4. The van der Waals surface area contributed by atoms with Gasteiger partial charge in [-0.25, -0.2) is 0 Å². The number of hydrogen-bond acceptors (Lipinski definition) is 4. The van der Waals surface area contributed by atoms with Crippen LogP contribution in [0.15, 0.2) is 78.4 Å². The molecule has 1 unspecified atom stereocenters. The molecule has 34 heavy (non-hydrogen) atoms. The smallest absolute Gasteiger partial charge is 0.125 e. The molecule has 4 nitrogen and oxygen atoms in total. The summed E-state index contributed by atoms with van der Waals surface area (Å²) in [6.07, 6.45) is 8.54. The van der Waals surface area contributed by atoms with E-state index in [1.165, 1.54) is 0 Å². The summed E-state index contributed by atoms with van der Waals surface area (Å²) in [5.41, 5.74) is 6.65. The highest BCUT2D eigenvalue weighted by molar-refractivity contribution is 5.52. The molecule has 0 saturated carbocycles. The fourth-order valence-corrected chi connectivity index (χ4v) is 5.40. The zero-order chi connectivity index (χ0) is 23.7. The Morgan fingerprint density at radius 1 is 0.706 bits per heavy atom. The first-order chi connectivity index (χ1) is 16.6. The van der Waals surface area contributed by atoms with E-state index in [-0.39, 0.29) is 12.0 Å². The molecule has 8 bridgehead atoms. The Morgan fingerprint density at radius 2 is 1.24 bits per heavy atom. The predicted octanol–water partition coefficient (Wildman–Crippen LogP) is 5.51. The molecule has 0 amide bonds. The molecule has 4 heteroatoms. The third-order valence-electron chi connectivity index (χ3n) is 7.08. The molecule has 2 N–H and O–H groups in total. The van der Waals surface area contributed by atoms with Gasteiger partial charge in [0.15, 0.2) is 0 Å². The maximum absolute atomic E-state index is 11.2. The molecule has 0 radical (unpaired) electrons. The zero-order valence-corrected chi connectivity index (χ0v) is 19.6. The molecule has 0 fully saturated rings. The van der Waals surface area contributed by atoms with E-state index in [0.29, 0.717) is 37.2 Å². The zero-order valence-electron chi connectivity index (χ0n) is 19.6. The van der Waals surface area contributed by atoms with Crippen molar-refractivity contribution in [2.75, 3.05) is 14.2 Å².